The van der Waals surface area contributed by atoms with Gasteiger partial charge in [-0.15, -0.1) is 0 Å². The molecule has 1 aliphatic rings. The summed E-state index contributed by atoms with van der Waals surface area (Å²) in [6.07, 6.45) is 0. The van der Waals surface area contributed by atoms with E-state index in [2.05, 4.69) is 73.7 Å². The van der Waals surface area contributed by atoms with Gasteiger partial charge in [0.1, 0.15) is 0 Å². The predicted molar refractivity (Wildman–Crippen MR) is 91.3 cm³/mol. The average molecular weight is 306 g/mol. The Morgan fingerprint density at radius 1 is 0.667 bits per heavy atom. The summed E-state index contributed by atoms with van der Waals surface area (Å²) in [5.41, 5.74) is 3.95. The maximum atomic E-state index is 2.27. The molecule has 0 amide bonds. The molecule has 0 radical (unpaired) electrons. The van der Waals surface area contributed by atoms with Crippen molar-refractivity contribution in [3.8, 4) is 11.1 Å². The molecular weight excluding hydrogens is 292 g/mol. The zero-order chi connectivity index (χ0) is 14.2. The number of benzene rings is 3. The lowest BCUT2D eigenvalue weighted by Gasteiger charge is -2.21. The Hall–Kier alpha value is -1.64. The van der Waals surface area contributed by atoms with Crippen LogP contribution in [0.2, 0.25) is 0 Å². The van der Waals surface area contributed by atoms with Crippen molar-refractivity contribution < 1.29 is 0 Å². The monoisotopic (exact) mass is 306 g/mol. The Kier molecular flexibility index (Phi) is 3.28. The first-order valence-corrected chi connectivity index (χ1v) is 8.59. The molecule has 1 heterocycles. The second-order valence-electron chi connectivity index (χ2n) is 5.15. The van der Waals surface area contributed by atoms with E-state index in [9.17, 15) is 0 Å². The molecule has 2 heteroatoms. The van der Waals surface area contributed by atoms with Gasteiger partial charge >= 0.3 is 0 Å². The van der Waals surface area contributed by atoms with Crippen LogP contribution >= 0.6 is 23.5 Å². The van der Waals surface area contributed by atoms with Gasteiger partial charge in [-0.2, -0.15) is 0 Å². The second kappa shape index (κ2) is 5.28. The molecule has 3 aromatic rings. The Labute approximate surface area is 133 Å². The van der Waals surface area contributed by atoms with E-state index in [1.807, 2.05) is 23.5 Å². The van der Waals surface area contributed by atoms with Crippen LogP contribution in [0.5, 0.6) is 0 Å². The quantitative estimate of drug-likeness (QED) is 0.406. The van der Waals surface area contributed by atoms with Crippen molar-refractivity contribution in [2.75, 3.05) is 0 Å². The molecule has 0 aromatic heterocycles. The van der Waals surface area contributed by atoms with Gasteiger partial charge in [-0.25, -0.2) is 0 Å². The van der Waals surface area contributed by atoms with Gasteiger partial charge in [0.25, 0.3) is 0 Å². The second-order valence-corrected chi connectivity index (χ2v) is 7.29. The van der Waals surface area contributed by atoms with Crippen LogP contribution in [0, 0.1) is 6.92 Å². The summed E-state index contributed by atoms with van der Waals surface area (Å²) in [6.45, 7) is 2.15. The highest BCUT2D eigenvalue weighted by molar-refractivity contribution is 8.05. The van der Waals surface area contributed by atoms with Crippen molar-refractivity contribution in [1.29, 1.82) is 0 Å². The Balaban J connectivity index is 1.86. The molecule has 21 heavy (non-hydrogen) atoms. The number of fused-ring (bicyclic) bond motifs is 2. The van der Waals surface area contributed by atoms with Crippen molar-refractivity contribution in [2.45, 2.75) is 26.5 Å². The highest BCUT2D eigenvalue weighted by Gasteiger charge is 2.19. The molecule has 0 saturated heterocycles. The minimum atomic E-state index is 1.30. The summed E-state index contributed by atoms with van der Waals surface area (Å²) in [5, 5.41) is 0. The first kappa shape index (κ1) is 13.1. The van der Waals surface area contributed by atoms with E-state index in [-0.39, 0.29) is 0 Å². The maximum absolute atomic E-state index is 2.27. The maximum Gasteiger partial charge on any atom is 0.0340 e. The van der Waals surface area contributed by atoms with E-state index in [4.69, 9.17) is 0 Å². The van der Waals surface area contributed by atoms with Gasteiger partial charge in [0.2, 0.25) is 0 Å². The molecule has 0 spiro atoms. The molecule has 0 N–H and O–H groups in total. The largest absolute Gasteiger partial charge is 0.0877 e. The van der Waals surface area contributed by atoms with Gasteiger partial charge in [-0.05, 0) is 36.2 Å². The SMILES string of the molecule is Cc1cccc(-c2cccc3c2Sc2ccccc2S3)c1. The minimum Gasteiger partial charge on any atom is -0.0877 e. The highest BCUT2D eigenvalue weighted by Crippen LogP contribution is 2.51. The van der Waals surface area contributed by atoms with Crippen molar-refractivity contribution in [3.05, 3.63) is 72.3 Å². The third-order valence-electron chi connectivity index (χ3n) is 3.59. The molecule has 3 aromatic carbocycles. The van der Waals surface area contributed by atoms with Crippen LogP contribution in [-0.2, 0) is 0 Å². The third kappa shape index (κ3) is 2.39. The highest BCUT2D eigenvalue weighted by atomic mass is 32.2. The van der Waals surface area contributed by atoms with Gasteiger partial charge in [-0.1, -0.05) is 77.6 Å². The fourth-order valence-electron chi connectivity index (χ4n) is 2.59. The fraction of sp³-hybridized carbons (Fsp3) is 0.0526. The van der Waals surface area contributed by atoms with Crippen LogP contribution in [-0.4, -0.2) is 0 Å². The predicted octanol–water partition coefficient (Wildman–Crippen LogP) is 6.28. The van der Waals surface area contributed by atoms with Crippen LogP contribution in [0.15, 0.2) is 86.3 Å². The van der Waals surface area contributed by atoms with Gasteiger partial charge in [0.15, 0.2) is 0 Å². The molecule has 0 saturated carbocycles. The summed E-state index contributed by atoms with van der Waals surface area (Å²) in [4.78, 5) is 5.45. The molecule has 0 fully saturated rings. The molecule has 1 aliphatic heterocycles. The summed E-state index contributed by atoms with van der Waals surface area (Å²) < 4.78 is 0. The molecule has 0 atom stereocenters. The van der Waals surface area contributed by atoms with Gasteiger partial charge in [0.05, 0.1) is 0 Å². The molecule has 0 bridgehead atoms. The number of hydrogen-bond donors (Lipinski definition) is 0. The molecule has 0 aliphatic carbocycles. The summed E-state index contributed by atoms with van der Waals surface area (Å²) in [5.74, 6) is 0. The normalized spacial score (nSPS) is 12.6. The zero-order valence-corrected chi connectivity index (χ0v) is 13.3. The number of aryl methyl sites for hydroxylation is 1. The first-order chi connectivity index (χ1) is 10.3. The standard InChI is InChI=1S/C19H14S2/c1-13-6-4-7-14(12-13)15-8-5-11-18-19(15)21-17-10-3-2-9-16(17)20-18/h2-12H,1H3. The van der Waals surface area contributed by atoms with E-state index in [0.29, 0.717) is 0 Å². The topological polar surface area (TPSA) is 0 Å². The minimum absolute atomic E-state index is 1.30. The van der Waals surface area contributed by atoms with Crippen LogP contribution in [0.25, 0.3) is 11.1 Å². The van der Waals surface area contributed by atoms with Crippen molar-refractivity contribution in [2.24, 2.45) is 0 Å². The number of hydrogen-bond acceptors (Lipinski definition) is 2. The average Bonchev–Trinajstić information content (AvgIpc) is 2.52. The lowest BCUT2D eigenvalue weighted by atomic mass is 10.0. The molecule has 0 nitrogen and oxygen atoms in total. The van der Waals surface area contributed by atoms with E-state index in [1.165, 1.54) is 36.3 Å². The zero-order valence-electron chi connectivity index (χ0n) is 11.7. The molecular formula is C19H14S2. The fourth-order valence-corrected chi connectivity index (χ4v) is 4.99. The van der Waals surface area contributed by atoms with Crippen LogP contribution in [0.4, 0.5) is 0 Å². The van der Waals surface area contributed by atoms with Gasteiger partial charge < -0.3 is 0 Å². The third-order valence-corrected chi connectivity index (χ3v) is 6.20. The van der Waals surface area contributed by atoms with Crippen LogP contribution < -0.4 is 0 Å². The molecule has 4 rings (SSSR count). The van der Waals surface area contributed by atoms with Crippen LogP contribution in [0.3, 0.4) is 0 Å². The van der Waals surface area contributed by atoms with Crippen LogP contribution in [0.1, 0.15) is 5.56 Å². The Morgan fingerprint density at radius 2 is 1.38 bits per heavy atom. The lowest BCUT2D eigenvalue weighted by Crippen LogP contribution is -1.92. The van der Waals surface area contributed by atoms with E-state index in [0.717, 1.165) is 0 Å². The number of rotatable bonds is 1. The summed E-state index contributed by atoms with van der Waals surface area (Å²) in [6, 6.07) is 24.0. The Bertz CT molecular complexity index is 821. The van der Waals surface area contributed by atoms with E-state index < -0.39 is 0 Å². The van der Waals surface area contributed by atoms with Crippen molar-refractivity contribution >= 4 is 23.5 Å². The van der Waals surface area contributed by atoms with Gasteiger partial charge in [0, 0.05) is 19.6 Å². The van der Waals surface area contributed by atoms with Crippen molar-refractivity contribution in [1.82, 2.24) is 0 Å². The molecule has 0 unspecified atom stereocenters. The summed E-state index contributed by atoms with van der Waals surface area (Å²) >= 11 is 3.76. The Morgan fingerprint density at radius 3 is 2.19 bits per heavy atom. The van der Waals surface area contributed by atoms with Gasteiger partial charge in [-0.3, -0.25) is 0 Å². The smallest absolute Gasteiger partial charge is 0.0340 e. The van der Waals surface area contributed by atoms with E-state index in [1.54, 1.807) is 0 Å². The van der Waals surface area contributed by atoms with Crippen molar-refractivity contribution in [3.63, 3.8) is 0 Å². The molecule has 102 valence electrons. The van der Waals surface area contributed by atoms with E-state index >= 15 is 0 Å². The summed E-state index contributed by atoms with van der Waals surface area (Å²) in [7, 11) is 0. The first-order valence-electron chi connectivity index (χ1n) is 6.96. The lowest BCUT2D eigenvalue weighted by molar-refractivity contribution is 1.16.